The molecule has 0 aliphatic rings. The molecule has 0 aromatic carbocycles. The van der Waals surface area contributed by atoms with E-state index in [0.717, 1.165) is 38.5 Å². The summed E-state index contributed by atoms with van der Waals surface area (Å²) in [6, 6.07) is 0. The van der Waals surface area contributed by atoms with Crippen molar-refractivity contribution in [2.45, 2.75) is 167 Å². The lowest BCUT2D eigenvalue weighted by Gasteiger charge is -2.10. The molecule has 176 valence electrons. The van der Waals surface area contributed by atoms with Gasteiger partial charge in [-0.25, -0.2) is 0 Å². The Kier molecular flexibility index (Phi) is 25.9. The minimum absolute atomic E-state index is 0.0924. The Bertz CT molecular complexity index is 280. The average Bonchev–Trinajstić information content (AvgIpc) is 2.72. The molecule has 2 nitrogen and oxygen atoms in total. The zero-order valence-electron chi connectivity index (χ0n) is 20.1. The molecule has 0 spiro atoms. The SMILES string of the molecule is CCCCCCCCCCCCCCCCCCCCC(O)CCCCCCO. The van der Waals surface area contributed by atoms with E-state index in [4.69, 9.17) is 5.11 Å². The van der Waals surface area contributed by atoms with Crippen molar-refractivity contribution in [1.82, 2.24) is 0 Å². The lowest BCUT2D eigenvalue weighted by atomic mass is 10.0. The van der Waals surface area contributed by atoms with Crippen LogP contribution in [0.25, 0.3) is 0 Å². The lowest BCUT2D eigenvalue weighted by molar-refractivity contribution is 0.147. The minimum Gasteiger partial charge on any atom is -0.396 e. The van der Waals surface area contributed by atoms with E-state index in [9.17, 15) is 5.11 Å². The van der Waals surface area contributed by atoms with E-state index in [0.29, 0.717) is 6.61 Å². The number of aliphatic hydroxyl groups is 2. The van der Waals surface area contributed by atoms with Crippen LogP contribution in [0, 0.1) is 0 Å². The van der Waals surface area contributed by atoms with Gasteiger partial charge in [0.15, 0.2) is 0 Å². The second kappa shape index (κ2) is 26.0. The van der Waals surface area contributed by atoms with Crippen LogP contribution in [0.5, 0.6) is 0 Å². The predicted molar refractivity (Wildman–Crippen MR) is 130 cm³/mol. The van der Waals surface area contributed by atoms with Crippen LogP contribution < -0.4 is 0 Å². The molecule has 0 fully saturated rings. The second-order valence-corrected chi connectivity index (χ2v) is 9.38. The van der Waals surface area contributed by atoms with Crippen molar-refractivity contribution in [3.05, 3.63) is 0 Å². The summed E-state index contributed by atoms with van der Waals surface area (Å²) in [5.74, 6) is 0. The Hall–Kier alpha value is -0.0800. The molecule has 0 aliphatic carbocycles. The topological polar surface area (TPSA) is 40.5 Å². The molecule has 0 heterocycles. The Morgan fingerprint density at radius 2 is 0.690 bits per heavy atom. The third-order valence-electron chi connectivity index (χ3n) is 6.34. The Morgan fingerprint density at radius 1 is 0.414 bits per heavy atom. The summed E-state index contributed by atoms with van der Waals surface area (Å²) in [6.45, 7) is 2.60. The van der Waals surface area contributed by atoms with E-state index < -0.39 is 0 Å². The maximum Gasteiger partial charge on any atom is 0.0540 e. The summed E-state index contributed by atoms with van der Waals surface area (Å²) in [5.41, 5.74) is 0. The van der Waals surface area contributed by atoms with Crippen LogP contribution in [-0.4, -0.2) is 22.9 Å². The van der Waals surface area contributed by atoms with E-state index in [2.05, 4.69) is 6.92 Å². The monoisotopic (exact) mass is 412 g/mol. The summed E-state index contributed by atoms with van der Waals surface area (Å²) in [5, 5.41) is 18.7. The number of hydrogen-bond acceptors (Lipinski definition) is 2. The molecule has 1 atom stereocenters. The highest BCUT2D eigenvalue weighted by atomic mass is 16.3. The number of hydrogen-bond donors (Lipinski definition) is 2. The zero-order chi connectivity index (χ0) is 21.3. The van der Waals surface area contributed by atoms with Gasteiger partial charge in [-0.3, -0.25) is 0 Å². The van der Waals surface area contributed by atoms with Gasteiger partial charge in [-0.1, -0.05) is 142 Å². The third-order valence-corrected chi connectivity index (χ3v) is 6.34. The molecule has 29 heavy (non-hydrogen) atoms. The standard InChI is InChI=1S/C27H56O2/c1-2-3-4-5-6-7-8-9-10-11-12-13-14-15-16-17-18-21-24-27(29)25-22-19-20-23-26-28/h27-29H,2-26H2,1H3. The number of aliphatic hydroxyl groups excluding tert-OH is 2. The molecule has 0 aromatic rings. The lowest BCUT2D eigenvalue weighted by Crippen LogP contribution is -2.06. The van der Waals surface area contributed by atoms with Gasteiger partial charge in [-0.2, -0.15) is 0 Å². The van der Waals surface area contributed by atoms with Gasteiger partial charge in [0, 0.05) is 6.61 Å². The molecular formula is C27H56O2. The van der Waals surface area contributed by atoms with Crippen LogP contribution in [0.15, 0.2) is 0 Å². The fraction of sp³-hybridized carbons (Fsp3) is 1.00. The minimum atomic E-state index is -0.0924. The highest BCUT2D eigenvalue weighted by Gasteiger charge is 2.03. The summed E-state index contributed by atoms with van der Waals surface area (Å²) in [4.78, 5) is 0. The van der Waals surface area contributed by atoms with Crippen molar-refractivity contribution in [3.63, 3.8) is 0 Å². The maximum atomic E-state index is 9.99. The molecule has 0 bridgehead atoms. The van der Waals surface area contributed by atoms with Crippen LogP contribution in [0.4, 0.5) is 0 Å². The number of rotatable bonds is 25. The first-order valence-electron chi connectivity index (χ1n) is 13.6. The zero-order valence-corrected chi connectivity index (χ0v) is 20.1. The van der Waals surface area contributed by atoms with Crippen molar-refractivity contribution in [2.75, 3.05) is 6.61 Å². The van der Waals surface area contributed by atoms with E-state index >= 15 is 0 Å². The molecule has 0 radical (unpaired) electrons. The normalized spacial score (nSPS) is 12.5. The van der Waals surface area contributed by atoms with E-state index in [-0.39, 0.29) is 6.10 Å². The first kappa shape index (κ1) is 28.9. The molecule has 2 heteroatoms. The molecule has 0 aliphatic heterocycles. The molecule has 0 saturated carbocycles. The number of unbranched alkanes of at least 4 members (excludes halogenated alkanes) is 20. The summed E-state index contributed by atoms with van der Waals surface area (Å²) >= 11 is 0. The molecule has 0 rings (SSSR count). The van der Waals surface area contributed by atoms with E-state index in [1.165, 1.54) is 116 Å². The van der Waals surface area contributed by atoms with Gasteiger partial charge in [0.1, 0.15) is 0 Å². The summed E-state index contributed by atoms with van der Waals surface area (Å²) in [7, 11) is 0. The van der Waals surface area contributed by atoms with Gasteiger partial charge >= 0.3 is 0 Å². The fourth-order valence-corrected chi connectivity index (χ4v) is 4.27. The van der Waals surface area contributed by atoms with Gasteiger partial charge in [0.05, 0.1) is 6.10 Å². The Balaban J connectivity index is 3.08. The van der Waals surface area contributed by atoms with Gasteiger partial charge in [0.25, 0.3) is 0 Å². The average molecular weight is 413 g/mol. The largest absolute Gasteiger partial charge is 0.396 e. The van der Waals surface area contributed by atoms with Crippen molar-refractivity contribution >= 4 is 0 Å². The predicted octanol–water partition coefficient (Wildman–Crippen LogP) is 8.72. The van der Waals surface area contributed by atoms with Crippen LogP contribution >= 0.6 is 0 Å². The smallest absolute Gasteiger partial charge is 0.0540 e. The van der Waals surface area contributed by atoms with E-state index in [1.54, 1.807) is 0 Å². The fourth-order valence-electron chi connectivity index (χ4n) is 4.27. The molecule has 0 aromatic heterocycles. The summed E-state index contributed by atoms with van der Waals surface area (Å²) in [6.07, 6.45) is 31.5. The Labute approximate surface area is 184 Å². The first-order valence-corrected chi connectivity index (χ1v) is 13.6. The van der Waals surface area contributed by atoms with Gasteiger partial charge in [-0.05, 0) is 19.3 Å². The maximum absolute atomic E-state index is 9.99. The van der Waals surface area contributed by atoms with Gasteiger partial charge in [0.2, 0.25) is 0 Å². The van der Waals surface area contributed by atoms with Crippen LogP contribution in [-0.2, 0) is 0 Å². The van der Waals surface area contributed by atoms with Crippen molar-refractivity contribution in [2.24, 2.45) is 0 Å². The van der Waals surface area contributed by atoms with Crippen molar-refractivity contribution in [3.8, 4) is 0 Å². The molecule has 0 amide bonds. The van der Waals surface area contributed by atoms with Crippen molar-refractivity contribution in [1.29, 1.82) is 0 Å². The highest BCUT2D eigenvalue weighted by Crippen LogP contribution is 2.16. The highest BCUT2D eigenvalue weighted by molar-refractivity contribution is 4.57. The second-order valence-electron chi connectivity index (χ2n) is 9.38. The molecule has 1 unspecified atom stereocenters. The third kappa shape index (κ3) is 25.9. The van der Waals surface area contributed by atoms with Crippen LogP contribution in [0.1, 0.15) is 161 Å². The Morgan fingerprint density at radius 3 is 1.00 bits per heavy atom. The van der Waals surface area contributed by atoms with Gasteiger partial charge in [-0.15, -0.1) is 0 Å². The molecular weight excluding hydrogens is 356 g/mol. The quantitative estimate of drug-likeness (QED) is 0.147. The van der Waals surface area contributed by atoms with Crippen LogP contribution in [0.2, 0.25) is 0 Å². The van der Waals surface area contributed by atoms with Crippen molar-refractivity contribution < 1.29 is 10.2 Å². The summed E-state index contributed by atoms with van der Waals surface area (Å²) < 4.78 is 0. The first-order chi connectivity index (χ1) is 14.3. The van der Waals surface area contributed by atoms with E-state index in [1.807, 2.05) is 0 Å². The van der Waals surface area contributed by atoms with Gasteiger partial charge < -0.3 is 10.2 Å². The van der Waals surface area contributed by atoms with Crippen LogP contribution in [0.3, 0.4) is 0 Å². The molecule has 2 N–H and O–H groups in total. The molecule has 0 saturated heterocycles.